The molecule has 1 aliphatic heterocycles. The Hall–Kier alpha value is -3.31. The van der Waals surface area contributed by atoms with Gasteiger partial charge in [0.2, 0.25) is 0 Å². The van der Waals surface area contributed by atoms with Gasteiger partial charge in [0.05, 0.1) is 7.11 Å². The van der Waals surface area contributed by atoms with Gasteiger partial charge in [0.1, 0.15) is 6.61 Å². The molecular weight excluding hydrogens is 522 g/mol. The Bertz CT molecular complexity index is 1390. The number of hydrogen-bond donors (Lipinski definition) is 1. The molecule has 0 amide bonds. The fraction of sp³-hybridized carbons (Fsp3) is 0.412. The highest BCUT2D eigenvalue weighted by Crippen LogP contribution is 2.52. The Balaban J connectivity index is 1.64. The molecule has 0 unspecified atom stereocenters. The van der Waals surface area contributed by atoms with Gasteiger partial charge in [-0.2, -0.15) is 0 Å². The summed E-state index contributed by atoms with van der Waals surface area (Å²) in [5.74, 6) is 0.950. The maximum Gasteiger partial charge on any atom is 0.165 e. The van der Waals surface area contributed by atoms with Crippen LogP contribution < -0.4 is 14.8 Å². The summed E-state index contributed by atoms with van der Waals surface area (Å²) in [6.07, 6.45) is 4.79. The molecule has 6 heteroatoms. The number of halogens is 1. The Morgan fingerprint density at radius 2 is 1.52 bits per heavy atom. The lowest BCUT2D eigenvalue weighted by Gasteiger charge is -2.44. The average Bonchev–Trinajstić information content (AvgIpc) is 2.86. The normalized spacial score (nSPS) is 20.1. The minimum atomic E-state index is -0.443. The fourth-order valence-electron chi connectivity index (χ4n) is 6.43. The van der Waals surface area contributed by atoms with Crippen LogP contribution in [0.5, 0.6) is 11.5 Å². The average molecular weight is 560 g/mol. The molecule has 2 aliphatic carbocycles. The number of hydrogen-bond acceptors (Lipinski definition) is 5. The summed E-state index contributed by atoms with van der Waals surface area (Å²) < 4.78 is 12.2. The number of methoxy groups -OCH3 is 1. The van der Waals surface area contributed by atoms with Gasteiger partial charge in [-0.25, -0.2) is 0 Å². The SMILES string of the molecule is C=CCc1cc(C2C3=C(CC(C)(C)CC3=O)NC3=C2C(=O)CC(C)(C)C3)cc(OC)c1OCc1ccc(Cl)cc1. The van der Waals surface area contributed by atoms with E-state index in [1.165, 1.54) is 0 Å². The van der Waals surface area contributed by atoms with Crippen molar-refractivity contribution in [3.05, 3.63) is 93.3 Å². The van der Waals surface area contributed by atoms with E-state index in [1.807, 2.05) is 36.4 Å². The number of nitrogens with one attached hydrogen (secondary N) is 1. The van der Waals surface area contributed by atoms with Crippen LogP contribution >= 0.6 is 11.6 Å². The van der Waals surface area contributed by atoms with Crippen LogP contribution in [-0.2, 0) is 22.6 Å². The summed E-state index contributed by atoms with van der Waals surface area (Å²) in [6.45, 7) is 12.8. The first-order valence-corrected chi connectivity index (χ1v) is 14.3. The van der Waals surface area contributed by atoms with Crippen molar-refractivity contribution >= 4 is 23.2 Å². The number of Topliss-reactive ketones (excluding diaryl/α,β-unsaturated/α-hetero) is 2. The summed E-state index contributed by atoms with van der Waals surface area (Å²) in [6, 6.07) is 11.5. The number of carbonyl (C=O) groups is 2. The second kappa shape index (κ2) is 10.6. The Labute approximate surface area is 242 Å². The fourth-order valence-corrected chi connectivity index (χ4v) is 6.56. The van der Waals surface area contributed by atoms with Crippen molar-refractivity contribution in [2.45, 2.75) is 72.3 Å². The molecule has 0 atom stereocenters. The van der Waals surface area contributed by atoms with E-state index in [0.29, 0.717) is 53.5 Å². The first-order valence-electron chi connectivity index (χ1n) is 13.9. The highest BCUT2D eigenvalue weighted by Gasteiger charge is 2.46. The molecule has 0 saturated carbocycles. The summed E-state index contributed by atoms with van der Waals surface area (Å²) in [7, 11) is 1.62. The molecule has 40 heavy (non-hydrogen) atoms. The summed E-state index contributed by atoms with van der Waals surface area (Å²) >= 11 is 6.05. The summed E-state index contributed by atoms with van der Waals surface area (Å²) in [4.78, 5) is 27.5. The quantitative estimate of drug-likeness (QED) is 0.353. The van der Waals surface area contributed by atoms with Gasteiger partial charge in [-0.05, 0) is 59.4 Å². The van der Waals surface area contributed by atoms with E-state index in [0.717, 1.165) is 40.9 Å². The van der Waals surface area contributed by atoms with Crippen LogP contribution in [0.3, 0.4) is 0 Å². The molecule has 2 aromatic rings. The number of dihydropyridines is 1. The number of benzene rings is 2. The van der Waals surface area contributed by atoms with Crippen LogP contribution in [0.25, 0.3) is 0 Å². The lowest BCUT2D eigenvalue weighted by atomic mass is 9.64. The smallest absolute Gasteiger partial charge is 0.165 e. The van der Waals surface area contributed by atoms with Crippen molar-refractivity contribution in [2.24, 2.45) is 10.8 Å². The van der Waals surface area contributed by atoms with Crippen molar-refractivity contribution in [1.29, 1.82) is 0 Å². The maximum atomic E-state index is 13.7. The molecule has 0 spiro atoms. The van der Waals surface area contributed by atoms with Crippen molar-refractivity contribution in [2.75, 3.05) is 7.11 Å². The third-order valence-corrected chi connectivity index (χ3v) is 8.34. The molecule has 3 aliphatic rings. The topological polar surface area (TPSA) is 64.6 Å². The van der Waals surface area contributed by atoms with Crippen molar-refractivity contribution in [1.82, 2.24) is 5.32 Å². The van der Waals surface area contributed by atoms with Crippen LogP contribution in [0.4, 0.5) is 0 Å². The maximum absolute atomic E-state index is 13.7. The third kappa shape index (κ3) is 5.49. The molecule has 0 radical (unpaired) electrons. The lowest BCUT2D eigenvalue weighted by molar-refractivity contribution is -0.119. The van der Waals surface area contributed by atoms with E-state index in [2.05, 4.69) is 45.7 Å². The molecule has 5 nitrogen and oxygen atoms in total. The number of ketones is 2. The molecule has 0 saturated heterocycles. The predicted molar refractivity (Wildman–Crippen MR) is 159 cm³/mol. The Morgan fingerprint density at radius 1 is 0.950 bits per heavy atom. The van der Waals surface area contributed by atoms with Crippen LogP contribution in [-0.4, -0.2) is 18.7 Å². The summed E-state index contributed by atoms with van der Waals surface area (Å²) in [5, 5.41) is 4.26. The van der Waals surface area contributed by atoms with E-state index < -0.39 is 5.92 Å². The van der Waals surface area contributed by atoms with Gasteiger partial charge in [-0.15, -0.1) is 6.58 Å². The van der Waals surface area contributed by atoms with Crippen molar-refractivity contribution in [3.63, 3.8) is 0 Å². The minimum Gasteiger partial charge on any atom is -0.493 e. The molecule has 5 rings (SSSR count). The van der Waals surface area contributed by atoms with Crippen LogP contribution in [0.2, 0.25) is 5.02 Å². The first-order chi connectivity index (χ1) is 18.9. The van der Waals surface area contributed by atoms with E-state index >= 15 is 0 Å². The van der Waals surface area contributed by atoms with E-state index in [9.17, 15) is 9.59 Å². The molecule has 1 N–H and O–H groups in total. The van der Waals surface area contributed by atoms with Crippen LogP contribution in [0, 0.1) is 10.8 Å². The molecule has 1 heterocycles. The van der Waals surface area contributed by atoms with Crippen molar-refractivity contribution < 1.29 is 19.1 Å². The first kappa shape index (κ1) is 28.2. The van der Waals surface area contributed by atoms with E-state index in [4.69, 9.17) is 21.1 Å². The Kier molecular flexibility index (Phi) is 7.47. The Morgan fingerprint density at radius 3 is 2.05 bits per heavy atom. The lowest BCUT2D eigenvalue weighted by Crippen LogP contribution is -2.42. The molecule has 210 valence electrons. The second-order valence-electron chi connectivity index (χ2n) is 12.8. The van der Waals surface area contributed by atoms with Gasteiger partial charge >= 0.3 is 0 Å². The number of ether oxygens (including phenoxy) is 2. The standard InChI is InChI=1S/C34H38ClNO4/c1-7-8-21-13-22(14-28(39-6)32(21)40-19-20-9-11-23(35)12-10-20)29-30-24(15-33(2,3)17-26(30)37)36-25-16-34(4,5)18-27(38)31(25)29/h7,9-14,29,36H,1,8,15-19H2,2-6H3. The molecule has 2 aromatic carbocycles. The zero-order valence-corrected chi connectivity index (χ0v) is 24.8. The number of carbonyl (C=O) groups excluding carboxylic acids is 2. The molecular formula is C34H38ClNO4. The highest BCUT2D eigenvalue weighted by molar-refractivity contribution is 6.30. The van der Waals surface area contributed by atoms with Crippen LogP contribution in [0.1, 0.15) is 76.0 Å². The van der Waals surface area contributed by atoms with Crippen molar-refractivity contribution in [3.8, 4) is 11.5 Å². The number of rotatable bonds is 7. The highest BCUT2D eigenvalue weighted by atomic mass is 35.5. The molecule has 0 fully saturated rings. The monoisotopic (exact) mass is 559 g/mol. The van der Waals surface area contributed by atoms with Gasteiger partial charge in [0.15, 0.2) is 23.1 Å². The van der Waals surface area contributed by atoms with Crippen LogP contribution in [0.15, 0.2) is 71.6 Å². The number of allylic oxidation sites excluding steroid dienone is 5. The van der Waals surface area contributed by atoms with Gasteiger partial charge in [-0.1, -0.05) is 63.6 Å². The molecule has 0 aromatic heterocycles. The molecule has 0 bridgehead atoms. The minimum absolute atomic E-state index is 0.0974. The predicted octanol–water partition coefficient (Wildman–Crippen LogP) is 7.63. The van der Waals surface area contributed by atoms with E-state index in [1.54, 1.807) is 7.11 Å². The van der Waals surface area contributed by atoms with Gasteiger partial charge in [0.25, 0.3) is 0 Å². The van der Waals surface area contributed by atoms with Gasteiger partial charge in [0, 0.05) is 51.9 Å². The van der Waals surface area contributed by atoms with Gasteiger partial charge in [-0.3, -0.25) is 9.59 Å². The largest absolute Gasteiger partial charge is 0.493 e. The van der Waals surface area contributed by atoms with Gasteiger partial charge < -0.3 is 14.8 Å². The zero-order valence-electron chi connectivity index (χ0n) is 24.1. The van der Waals surface area contributed by atoms with E-state index in [-0.39, 0.29) is 22.4 Å². The third-order valence-electron chi connectivity index (χ3n) is 8.09. The summed E-state index contributed by atoms with van der Waals surface area (Å²) in [5.41, 5.74) is 5.78. The zero-order chi connectivity index (χ0) is 28.8. The second-order valence-corrected chi connectivity index (χ2v) is 13.3.